The molecule has 0 saturated carbocycles. The molecule has 0 N–H and O–H groups in total. The van der Waals surface area contributed by atoms with Crippen LogP contribution < -0.4 is 9.47 Å². The molecule has 2 aromatic rings. The third-order valence-corrected chi connectivity index (χ3v) is 5.09. The van der Waals surface area contributed by atoms with Crippen molar-refractivity contribution in [1.82, 2.24) is 0 Å². The first-order valence-corrected chi connectivity index (χ1v) is 10.8. The second kappa shape index (κ2) is 11.9. The van der Waals surface area contributed by atoms with Crippen molar-refractivity contribution in [3.63, 3.8) is 0 Å². The fraction of sp³-hybridized carbons (Fsp3) is 0.333. The zero-order chi connectivity index (χ0) is 24.4. The molecule has 0 radical (unpaired) electrons. The minimum absolute atomic E-state index is 0.239. The van der Waals surface area contributed by atoms with Gasteiger partial charge in [-0.25, -0.2) is 9.59 Å². The maximum Gasteiger partial charge on any atom is 0.330 e. The Morgan fingerprint density at radius 2 is 1.09 bits per heavy atom. The zero-order valence-corrected chi connectivity index (χ0v) is 19.7. The molecule has 2 atom stereocenters. The molecule has 0 aliphatic rings. The summed E-state index contributed by atoms with van der Waals surface area (Å²) < 4.78 is 21.6. The lowest BCUT2D eigenvalue weighted by Crippen LogP contribution is -2.21. The van der Waals surface area contributed by atoms with E-state index in [0.717, 1.165) is 23.3 Å². The van der Waals surface area contributed by atoms with Gasteiger partial charge in [0.2, 0.25) is 0 Å². The fourth-order valence-electron chi connectivity index (χ4n) is 3.09. The first kappa shape index (κ1) is 25.7. The molecule has 0 heterocycles. The van der Waals surface area contributed by atoms with Gasteiger partial charge in [0.1, 0.15) is 36.9 Å². The molecule has 33 heavy (non-hydrogen) atoms. The van der Waals surface area contributed by atoms with E-state index in [1.807, 2.05) is 48.5 Å². The molecule has 0 bridgehead atoms. The number of esters is 2. The van der Waals surface area contributed by atoms with Crippen LogP contribution in [0.5, 0.6) is 11.5 Å². The summed E-state index contributed by atoms with van der Waals surface area (Å²) >= 11 is 0. The normalized spacial score (nSPS) is 12.7. The van der Waals surface area contributed by atoms with E-state index in [0.29, 0.717) is 11.5 Å². The lowest BCUT2D eigenvalue weighted by Gasteiger charge is -2.26. The van der Waals surface area contributed by atoms with Crippen molar-refractivity contribution >= 4 is 11.9 Å². The van der Waals surface area contributed by atoms with E-state index in [-0.39, 0.29) is 30.8 Å². The highest BCUT2D eigenvalue weighted by Crippen LogP contribution is 2.33. The Hall–Kier alpha value is -3.54. The lowest BCUT2D eigenvalue weighted by atomic mass is 9.78. The molecule has 6 heteroatoms. The highest BCUT2D eigenvalue weighted by molar-refractivity contribution is 5.81. The first-order valence-electron chi connectivity index (χ1n) is 10.8. The zero-order valence-electron chi connectivity index (χ0n) is 19.7. The van der Waals surface area contributed by atoms with Gasteiger partial charge in [-0.2, -0.15) is 0 Å². The van der Waals surface area contributed by atoms with Crippen LogP contribution in [0.3, 0.4) is 0 Å². The van der Waals surface area contributed by atoms with Gasteiger partial charge in [-0.1, -0.05) is 51.3 Å². The van der Waals surface area contributed by atoms with Gasteiger partial charge in [0.05, 0.1) is 0 Å². The van der Waals surface area contributed by atoms with Crippen LogP contribution in [0.1, 0.15) is 38.8 Å². The van der Waals surface area contributed by atoms with E-state index in [9.17, 15) is 9.59 Å². The van der Waals surface area contributed by atoms with Gasteiger partial charge < -0.3 is 18.9 Å². The first-order chi connectivity index (χ1) is 15.6. The molecule has 0 saturated heterocycles. The molecule has 176 valence electrons. The van der Waals surface area contributed by atoms with Crippen molar-refractivity contribution in [3.8, 4) is 11.5 Å². The molecule has 0 aliphatic carbocycles. The van der Waals surface area contributed by atoms with Crippen molar-refractivity contribution in [2.45, 2.75) is 45.3 Å². The van der Waals surface area contributed by atoms with Crippen LogP contribution >= 0.6 is 0 Å². The minimum Gasteiger partial charge on any atom is -0.490 e. The average Bonchev–Trinajstić information content (AvgIpc) is 2.81. The van der Waals surface area contributed by atoms with Gasteiger partial charge in [-0.3, -0.25) is 0 Å². The maximum absolute atomic E-state index is 11.2. The Morgan fingerprint density at radius 1 is 0.758 bits per heavy atom. The quantitative estimate of drug-likeness (QED) is 0.333. The highest BCUT2D eigenvalue weighted by atomic mass is 16.6. The van der Waals surface area contributed by atoms with Gasteiger partial charge in [-0.05, 0) is 49.2 Å². The summed E-state index contributed by atoms with van der Waals surface area (Å²) in [6.45, 7) is 15.1. The van der Waals surface area contributed by atoms with Gasteiger partial charge in [0.15, 0.2) is 0 Å². The van der Waals surface area contributed by atoms with Crippen molar-refractivity contribution < 1.29 is 28.5 Å². The lowest BCUT2D eigenvalue weighted by molar-refractivity contribution is -0.144. The standard InChI is InChI=1S/C27H32O6/c1-7-25(28)32-19(3)17-30-23-13-9-21(10-14-23)27(5,6)22-11-15-24(16-12-22)31-18-20(4)33-26(29)8-2/h7-16,19-20H,1-2,17-18H2,3-6H3. The Morgan fingerprint density at radius 3 is 1.39 bits per heavy atom. The van der Waals surface area contributed by atoms with Crippen molar-refractivity contribution in [1.29, 1.82) is 0 Å². The maximum atomic E-state index is 11.2. The summed E-state index contributed by atoms with van der Waals surface area (Å²) in [6, 6.07) is 15.7. The monoisotopic (exact) mass is 452 g/mol. The van der Waals surface area contributed by atoms with Gasteiger partial charge >= 0.3 is 11.9 Å². The summed E-state index contributed by atoms with van der Waals surface area (Å²) in [4.78, 5) is 22.5. The number of hydrogen-bond acceptors (Lipinski definition) is 6. The van der Waals surface area contributed by atoms with Crippen LogP contribution in [0.15, 0.2) is 73.8 Å². The molecule has 0 amide bonds. The Labute approximate surface area is 195 Å². The van der Waals surface area contributed by atoms with Crippen molar-refractivity contribution in [3.05, 3.63) is 85.0 Å². The Kier molecular flexibility index (Phi) is 9.28. The second-order valence-corrected chi connectivity index (χ2v) is 8.20. The molecular weight excluding hydrogens is 420 g/mol. The number of carbonyl (C=O) groups is 2. The topological polar surface area (TPSA) is 71.1 Å². The van der Waals surface area contributed by atoms with Crippen molar-refractivity contribution in [2.24, 2.45) is 0 Å². The molecule has 2 aromatic carbocycles. The van der Waals surface area contributed by atoms with Gasteiger partial charge in [0.25, 0.3) is 0 Å². The number of rotatable bonds is 12. The summed E-state index contributed by atoms with van der Waals surface area (Å²) in [5.74, 6) is 0.465. The van der Waals surface area contributed by atoms with Crippen LogP contribution in [0.4, 0.5) is 0 Å². The molecule has 0 fully saturated rings. The molecule has 0 spiro atoms. The SMILES string of the molecule is C=CC(=O)OC(C)COc1ccc(C(C)(C)c2ccc(OCC(C)OC(=O)C=C)cc2)cc1. The van der Waals surface area contributed by atoms with E-state index in [2.05, 4.69) is 27.0 Å². The molecular formula is C27H32O6. The largest absolute Gasteiger partial charge is 0.490 e. The second-order valence-electron chi connectivity index (χ2n) is 8.20. The number of carbonyl (C=O) groups excluding carboxylic acids is 2. The smallest absolute Gasteiger partial charge is 0.330 e. The van der Waals surface area contributed by atoms with Gasteiger partial charge in [-0.15, -0.1) is 0 Å². The Balaban J connectivity index is 1.95. The number of benzene rings is 2. The van der Waals surface area contributed by atoms with Gasteiger partial charge in [0, 0.05) is 17.6 Å². The van der Waals surface area contributed by atoms with E-state index < -0.39 is 11.9 Å². The fourth-order valence-corrected chi connectivity index (χ4v) is 3.09. The minimum atomic E-state index is -0.467. The summed E-state index contributed by atoms with van der Waals surface area (Å²) in [7, 11) is 0. The van der Waals surface area contributed by atoms with E-state index in [1.54, 1.807) is 13.8 Å². The van der Waals surface area contributed by atoms with E-state index in [4.69, 9.17) is 18.9 Å². The predicted octanol–water partition coefficient (Wildman–Crippen LogP) is 5.01. The third-order valence-electron chi connectivity index (χ3n) is 5.09. The van der Waals surface area contributed by atoms with E-state index in [1.165, 1.54) is 0 Å². The summed E-state index contributed by atoms with van der Waals surface area (Å²) in [5.41, 5.74) is 2.01. The van der Waals surface area contributed by atoms with Crippen molar-refractivity contribution in [2.75, 3.05) is 13.2 Å². The van der Waals surface area contributed by atoms with Crippen LogP contribution in [-0.4, -0.2) is 37.4 Å². The van der Waals surface area contributed by atoms with E-state index >= 15 is 0 Å². The predicted molar refractivity (Wildman–Crippen MR) is 128 cm³/mol. The number of ether oxygens (including phenoxy) is 4. The Bertz CT molecular complexity index is 866. The van der Waals surface area contributed by atoms with Crippen LogP contribution in [-0.2, 0) is 24.5 Å². The molecule has 0 aliphatic heterocycles. The highest BCUT2D eigenvalue weighted by Gasteiger charge is 2.23. The summed E-state index contributed by atoms with van der Waals surface area (Å²) in [6.07, 6.45) is 1.52. The van der Waals surface area contributed by atoms with Crippen LogP contribution in [0, 0.1) is 0 Å². The molecule has 6 nitrogen and oxygen atoms in total. The molecule has 0 aromatic heterocycles. The third kappa shape index (κ3) is 7.83. The van der Waals surface area contributed by atoms with Crippen LogP contribution in [0.2, 0.25) is 0 Å². The average molecular weight is 453 g/mol. The molecule has 2 rings (SSSR count). The molecule has 2 unspecified atom stereocenters. The summed E-state index contributed by atoms with van der Waals surface area (Å²) in [5, 5.41) is 0. The van der Waals surface area contributed by atoms with Crippen LogP contribution in [0.25, 0.3) is 0 Å². The number of hydrogen-bond donors (Lipinski definition) is 0.